The van der Waals surface area contributed by atoms with E-state index in [1.165, 1.54) is 0 Å². The van der Waals surface area contributed by atoms with E-state index in [0.29, 0.717) is 17.0 Å². The number of nitrogens with one attached hydrogen (secondary N) is 2. The Balaban J connectivity index is 3.30. The molecule has 5 heteroatoms. The molecule has 0 fully saturated rings. The molecule has 0 aliphatic heterocycles. The fourth-order valence-electron chi connectivity index (χ4n) is 0.649. The van der Waals surface area contributed by atoms with Gasteiger partial charge < -0.3 is 15.4 Å². The lowest BCUT2D eigenvalue weighted by molar-refractivity contribution is 0.204. The zero-order valence-corrected chi connectivity index (χ0v) is 10.1. The van der Waals surface area contributed by atoms with Gasteiger partial charge in [-0.2, -0.15) is 11.8 Å². The molecule has 13 heavy (non-hydrogen) atoms. The van der Waals surface area contributed by atoms with Crippen molar-refractivity contribution in [2.24, 2.45) is 0 Å². The Kier molecular flexibility index (Phi) is 8.59. The van der Waals surface area contributed by atoms with E-state index in [-0.39, 0.29) is 0 Å². The van der Waals surface area contributed by atoms with Gasteiger partial charge in [-0.1, -0.05) is 6.92 Å². The van der Waals surface area contributed by atoms with E-state index in [9.17, 15) is 0 Å². The summed E-state index contributed by atoms with van der Waals surface area (Å²) in [6, 6.07) is 0. The van der Waals surface area contributed by atoms with E-state index in [0.717, 1.165) is 13.1 Å². The second-order valence-electron chi connectivity index (χ2n) is 2.68. The van der Waals surface area contributed by atoms with Gasteiger partial charge >= 0.3 is 0 Å². The van der Waals surface area contributed by atoms with Gasteiger partial charge in [-0.15, -0.1) is 0 Å². The van der Waals surface area contributed by atoms with E-state index in [1.807, 2.05) is 11.8 Å². The molecular formula is C8H18N2OS2. The highest BCUT2D eigenvalue weighted by atomic mass is 32.2. The summed E-state index contributed by atoms with van der Waals surface area (Å²) in [5, 5.41) is 7.48. The van der Waals surface area contributed by atoms with Crippen LogP contribution in [0, 0.1) is 0 Å². The van der Waals surface area contributed by atoms with Gasteiger partial charge in [0.25, 0.3) is 0 Å². The molecule has 0 radical (unpaired) electrons. The van der Waals surface area contributed by atoms with E-state index in [4.69, 9.17) is 17.0 Å². The van der Waals surface area contributed by atoms with Crippen LogP contribution in [0.1, 0.15) is 6.92 Å². The molecule has 0 saturated heterocycles. The van der Waals surface area contributed by atoms with Crippen LogP contribution in [-0.2, 0) is 4.74 Å². The highest BCUT2D eigenvalue weighted by Crippen LogP contribution is 2.01. The van der Waals surface area contributed by atoms with Crippen LogP contribution in [0.3, 0.4) is 0 Å². The standard InChI is InChI=1S/C8H18N2OS2/c1-7(13-3)6-10-8(12)9-4-5-11-2/h7H,4-6H2,1-3H3,(H2,9,10,12). The maximum absolute atomic E-state index is 5.05. The van der Waals surface area contributed by atoms with Crippen LogP contribution in [0.15, 0.2) is 0 Å². The van der Waals surface area contributed by atoms with Gasteiger partial charge in [-0.25, -0.2) is 0 Å². The van der Waals surface area contributed by atoms with Gasteiger partial charge in [0.2, 0.25) is 0 Å². The summed E-state index contributed by atoms with van der Waals surface area (Å²) < 4.78 is 4.88. The zero-order chi connectivity index (χ0) is 10.1. The number of rotatable bonds is 6. The molecule has 2 N–H and O–H groups in total. The van der Waals surface area contributed by atoms with Crippen LogP contribution in [0.5, 0.6) is 0 Å². The fourth-order valence-corrected chi connectivity index (χ4v) is 1.08. The first-order valence-corrected chi connectivity index (χ1v) is 5.93. The molecule has 0 rings (SSSR count). The summed E-state index contributed by atoms with van der Waals surface area (Å²) in [6.45, 7) is 4.51. The van der Waals surface area contributed by atoms with Crippen LogP contribution in [-0.4, -0.2) is 43.4 Å². The van der Waals surface area contributed by atoms with Crippen molar-refractivity contribution >= 4 is 29.1 Å². The van der Waals surface area contributed by atoms with E-state index in [1.54, 1.807) is 7.11 Å². The van der Waals surface area contributed by atoms with E-state index >= 15 is 0 Å². The average molecular weight is 222 g/mol. The number of hydrogen-bond acceptors (Lipinski definition) is 3. The van der Waals surface area contributed by atoms with Gasteiger partial charge in [0, 0.05) is 25.4 Å². The SMILES string of the molecule is COCCNC(=S)NCC(C)SC. The monoisotopic (exact) mass is 222 g/mol. The Morgan fingerprint density at radius 1 is 1.54 bits per heavy atom. The lowest BCUT2D eigenvalue weighted by Gasteiger charge is -2.12. The van der Waals surface area contributed by atoms with E-state index < -0.39 is 0 Å². The van der Waals surface area contributed by atoms with Crippen molar-refractivity contribution in [3.05, 3.63) is 0 Å². The first-order valence-electron chi connectivity index (χ1n) is 4.24. The summed E-state index contributed by atoms with van der Waals surface area (Å²) in [6.07, 6.45) is 2.09. The second kappa shape index (κ2) is 8.59. The minimum absolute atomic E-state index is 0.585. The minimum atomic E-state index is 0.585. The molecule has 0 aromatic rings. The Morgan fingerprint density at radius 2 is 2.23 bits per heavy atom. The Hall–Kier alpha value is 0. The molecule has 0 aromatic heterocycles. The van der Waals surface area contributed by atoms with Gasteiger partial charge in [0.05, 0.1) is 6.61 Å². The number of methoxy groups -OCH3 is 1. The smallest absolute Gasteiger partial charge is 0.166 e. The molecule has 1 unspecified atom stereocenters. The molecule has 0 spiro atoms. The molecular weight excluding hydrogens is 204 g/mol. The van der Waals surface area contributed by atoms with Gasteiger partial charge in [-0.3, -0.25) is 0 Å². The summed E-state index contributed by atoms with van der Waals surface area (Å²) in [5.41, 5.74) is 0. The van der Waals surface area contributed by atoms with Crippen LogP contribution < -0.4 is 10.6 Å². The molecule has 3 nitrogen and oxygen atoms in total. The zero-order valence-electron chi connectivity index (χ0n) is 8.42. The van der Waals surface area contributed by atoms with E-state index in [2.05, 4.69) is 23.8 Å². The van der Waals surface area contributed by atoms with Crippen LogP contribution in [0.25, 0.3) is 0 Å². The van der Waals surface area contributed by atoms with Crippen molar-refractivity contribution in [1.82, 2.24) is 10.6 Å². The summed E-state index contributed by atoms with van der Waals surface area (Å²) in [7, 11) is 1.67. The number of thioether (sulfide) groups is 1. The third-order valence-corrected chi connectivity index (χ3v) is 2.80. The highest BCUT2D eigenvalue weighted by molar-refractivity contribution is 7.99. The lowest BCUT2D eigenvalue weighted by Crippen LogP contribution is -2.39. The second-order valence-corrected chi connectivity index (χ2v) is 4.36. The van der Waals surface area contributed by atoms with Crippen LogP contribution >= 0.6 is 24.0 Å². The predicted molar refractivity (Wildman–Crippen MR) is 63.5 cm³/mol. The first kappa shape index (κ1) is 13.0. The summed E-state index contributed by atoms with van der Waals surface area (Å²) >= 11 is 6.87. The Morgan fingerprint density at radius 3 is 2.77 bits per heavy atom. The van der Waals surface area contributed by atoms with Crippen LogP contribution in [0.4, 0.5) is 0 Å². The molecule has 0 bridgehead atoms. The molecule has 0 aliphatic rings. The number of thiocarbonyl (C=S) groups is 1. The maximum Gasteiger partial charge on any atom is 0.166 e. The molecule has 78 valence electrons. The number of hydrogen-bond donors (Lipinski definition) is 2. The molecule has 0 aliphatic carbocycles. The van der Waals surface area contributed by atoms with Crippen LogP contribution in [0.2, 0.25) is 0 Å². The third kappa shape index (κ3) is 8.33. The first-order chi connectivity index (χ1) is 6.20. The van der Waals surface area contributed by atoms with Crippen molar-refractivity contribution in [2.75, 3.05) is 33.1 Å². The van der Waals surface area contributed by atoms with Gasteiger partial charge in [0.15, 0.2) is 5.11 Å². The molecule has 0 aromatic carbocycles. The topological polar surface area (TPSA) is 33.3 Å². The Labute approximate surface area is 90.0 Å². The minimum Gasteiger partial charge on any atom is -0.383 e. The van der Waals surface area contributed by atoms with Crippen molar-refractivity contribution < 1.29 is 4.74 Å². The molecule has 0 saturated carbocycles. The fraction of sp³-hybridized carbons (Fsp3) is 0.875. The van der Waals surface area contributed by atoms with Crippen molar-refractivity contribution in [2.45, 2.75) is 12.2 Å². The van der Waals surface area contributed by atoms with Gasteiger partial charge in [0.1, 0.15) is 0 Å². The number of ether oxygens (including phenoxy) is 1. The summed E-state index contributed by atoms with van der Waals surface area (Å²) in [4.78, 5) is 0. The van der Waals surface area contributed by atoms with Crippen molar-refractivity contribution in [3.8, 4) is 0 Å². The Bertz CT molecular complexity index is 144. The molecule has 0 amide bonds. The molecule has 1 atom stereocenters. The quantitative estimate of drug-likeness (QED) is 0.514. The maximum atomic E-state index is 5.05. The van der Waals surface area contributed by atoms with Crippen molar-refractivity contribution in [1.29, 1.82) is 0 Å². The predicted octanol–water partition coefficient (Wildman–Crippen LogP) is 0.848. The average Bonchev–Trinajstić information content (AvgIpc) is 2.14. The highest BCUT2D eigenvalue weighted by Gasteiger charge is 1.99. The lowest BCUT2D eigenvalue weighted by atomic mass is 10.5. The summed E-state index contributed by atoms with van der Waals surface area (Å²) in [5.74, 6) is 0. The largest absolute Gasteiger partial charge is 0.383 e. The van der Waals surface area contributed by atoms with Gasteiger partial charge in [-0.05, 0) is 18.5 Å². The van der Waals surface area contributed by atoms with Crippen molar-refractivity contribution in [3.63, 3.8) is 0 Å². The molecule has 0 heterocycles. The third-order valence-electron chi connectivity index (χ3n) is 1.54. The normalized spacial score (nSPS) is 12.2.